The normalized spacial score (nSPS) is 12.1. The van der Waals surface area contributed by atoms with Gasteiger partial charge in [-0.15, -0.1) is 0 Å². The predicted molar refractivity (Wildman–Crippen MR) is 81.5 cm³/mol. The number of methoxy groups -OCH3 is 1. The average molecular weight is 255 g/mol. The lowest BCUT2D eigenvalue weighted by atomic mass is 10.0. The predicted octanol–water partition coefficient (Wildman–Crippen LogP) is 4.19. The Hall–Kier alpha value is -1.80. The first kappa shape index (κ1) is 13.6. The van der Waals surface area contributed by atoms with Crippen molar-refractivity contribution in [2.24, 2.45) is 0 Å². The van der Waals surface area contributed by atoms with Crippen molar-refractivity contribution in [2.45, 2.75) is 19.4 Å². The minimum absolute atomic E-state index is 0.393. The maximum atomic E-state index is 5.13. The van der Waals surface area contributed by atoms with Crippen molar-refractivity contribution in [1.82, 2.24) is 0 Å². The molecule has 2 nitrogen and oxygen atoms in total. The zero-order valence-corrected chi connectivity index (χ0v) is 11.6. The second kappa shape index (κ2) is 6.95. The molecule has 19 heavy (non-hydrogen) atoms. The molecule has 0 aliphatic rings. The van der Waals surface area contributed by atoms with E-state index in [9.17, 15) is 0 Å². The van der Waals surface area contributed by atoms with Gasteiger partial charge in [-0.25, -0.2) is 0 Å². The summed E-state index contributed by atoms with van der Waals surface area (Å²) in [6, 6.07) is 19.3. The van der Waals surface area contributed by atoms with E-state index < -0.39 is 0 Å². The second-order valence-electron chi connectivity index (χ2n) is 4.74. The second-order valence-corrected chi connectivity index (χ2v) is 4.74. The molecule has 0 aliphatic carbocycles. The summed E-state index contributed by atoms with van der Waals surface area (Å²) in [7, 11) is 1.74. The van der Waals surface area contributed by atoms with E-state index in [1.54, 1.807) is 7.11 Å². The quantitative estimate of drug-likeness (QED) is 0.835. The molecule has 2 rings (SSSR count). The zero-order chi connectivity index (χ0) is 13.5. The zero-order valence-electron chi connectivity index (χ0n) is 11.6. The molecule has 0 bridgehead atoms. The fraction of sp³-hybridized carbons (Fsp3) is 0.294. The molecule has 0 heterocycles. The fourth-order valence-electron chi connectivity index (χ4n) is 2.11. The molecular weight excluding hydrogens is 234 g/mol. The van der Waals surface area contributed by atoms with Gasteiger partial charge in [0.25, 0.3) is 0 Å². The highest BCUT2D eigenvalue weighted by molar-refractivity contribution is 5.77. The molecule has 1 unspecified atom stereocenters. The summed E-state index contributed by atoms with van der Waals surface area (Å²) < 4.78 is 5.13. The van der Waals surface area contributed by atoms with Crippen LogP contribution in [0.5, 0.6) is 0 Å². The van der Waals surface area contributed by atoms with Gasteiger partial charge in [-0.1, -0.05) is 48.5 Å². The van der Waals surface area contributed by atoms with Crippen LogP contribution in [0.25, 0.3) is 11.1 Å². The summed E-state index contributed by atoms with van der Waals surface area (Å²) in [5.41, 5.74) is 3.66. The first-order valence-corrected chi connectivity index (χ1v) is 6.71. The Kier molecular flexibility index (Phi) is 4.99. The standard InChI is InChI=1S/C17H21NO/c1-14(12-13-19-2)18-17-11-7-6-10-16(17)15-8-4-3-5-9-15/h3-11,14,18H,12-13H2,1-2H3. The van der Waals surface area contributed by atoms with Crippen LogP contribution in [-0.4, -0.2) is 19.8 Å². The number of nitrogens with one attached hydrogen (secondary N) is 1. The molecule has 0 amide bonds. The Balaban J connectivity index is 2.17. The Morgan fingerprint density at radius 1 is 1.00 bits per heavy atom. The largest absolute Gasteiger partial charge is 0.385 e. The minimum Gasteiger partial charge on any atom is -0.385 e. The maximum Gasteiger partial charge on any atom is 0.0481 e. The van der Waals surface area contributed by atoms with Crippen LogP contribution < -0.4 is 5.32 Å². The first-order valence-electron chi connectivity index (χ1n) is 6.71. The molecule has 2 aromatic carbocycles. The van der Waals surface area contributed by atoms with Gasteiger partial charge in [-0.3, -0.25) is 0 Å². The molecule has 0 radical (unpaired) electrons. The molecule has 0 saturated heterocycles. The lowest BCUT2D eigenvalue weighted by molar-refractivity contribution is 0.191. The molecule has 0 saturated carbocycles. The minimum atomic E-state index is 0.393. The fourth-order valence-corrected chi connectivity index (χ4v) is 2.11. The molecule has 1 N–H and O–H groups in total. The van der Waals surface area contributed by atoms with Crippen LogP contribution in [0.2, 0.25) is 0 Å². The van der Waals surface area contributed by atoms with Crippen molar-refractivity contribution in [3.8, 4) is 11.1 Å². The Bertz CT molecular complexity index is 496. The maximum absolute atomic E-state index is 5.13. The third kappa shape index (κ3) is 3.83. The Morgan fingerprint density at radius 2 is 1.68 bits per heavy atom. The number of rotatable bonds is 6. The Morgan fingerprint density at radius 3 is 2.42 bits per heavy atom. The van der Waals surface area contributed by atoms with Crippen molar-refractivity contribution in [1.29, 1.82) is 0 Å². The van der Waals surface area contributed by atoms with Crippen LogP contribution in [0.4, 0.5) is 5.69 Å². The van der Waals surface area contributed by atoms with Gasteiger partial charge in [0.2, 0.25) is 0 Å². The number of anilines is 1. The number of para-hydroxylation sites is 1. The summed E-state index contributed by atoms with van der Waals surface area (Å²) in [5.74, 6) is 0. The third-order valence-corrected chi connectivity index (χ3v) is 3.17. The van der Waals surface area contributed by atoms with Crippen molar-refractivity contribution >= 4 is 5.69 Å². The van der Waals surface area contributed by atoms with E-state index in [-0.39, 0.29) is 0 Å². The SMILES string of the molecule is COCCC(C)Nc1ccccc1-c1ccccc1. The van der Waals surface area contributed by atoms with Gasteiger partial charge in [-0.05, 0) is 25.0 Å². The van der Waals surface area contributed by atoms with Crippen molar-refractivity contribution in [3.63, 3.8) is 0 Å². The molecule has 0 fully saturated rings. The van der Waals surface area contributed by atoms with Crippen LogP contribution in [0, 0.1) is 0 Å². The summed E-state index contributed by atoms with van der Waals surface area (Å²) in [6.45, 7) is 2.96. The lowest BCUT2D eigenvalue weighted by Crippen LogP contribution is -2.17. The van der Waals surface area contributed by atoms with Gasteiger partial charge < -0.3 is 10.1 Å². The summed E-state index contributed by atoms with van der Waals surface area (Å²) >= 11 is 0. The number of ether oxygens (including phenoxy) is 1. The highest BCUT2D eigenvalue weighted by atomic mass is 16.5. The lowest BCUT2D eigenvalue weighted by Gasteiger charge is -2.18. The van der Waals surface area contributed by atoms with Gasteiger partial charge in [0.1, 0.15) is 0 Å². The number of hydrogen-bond donors (Lipinski definition) is 1. The highest BCUT2D eigenvalue weighted by Crippen LogP contribution is 2.28. The molecule has 0 spiro atoms. The topological polar surface area (TPSA) is 21.3 Å². The Labute approximate surface area is 115 Å². The number of benzene rings is 2. The molecule has 2 heteroatoms. The molecule has 100 valence electrons. The molecule has 1 atom stereocenters. The molecular formula is C17H21NO. The van der Waals surface area contributed by atoms with Crippen LogP contribution in [-0.2, 0) is 4.74 Å². The summed E-state index contributed by atoms with van der Waals surface area (Å²) in [6.07, 6.45) is 1.000. The van der Waals surface area contributed by atoms with Crippen LogP contribution in [0.1, 0.15) is 13.3 Å². The van der Waals surface area contributed by atoms with Crippen LogP contribution in [0.15, 0.2) is 54.6 Å². The molecule has 0 aliphatic heterocycles. The van der Waals surface area contributed by atoms with E-state index in [1.165, 1.54) is 16.8 Å². The van der Waals surface area contributed by atoms with E-state index in [2.05, 4.69) is 60.8 Å². The van der Waals surface area contributed by atoms with Gasteiger partial charge in [0.05, 0.1) is 0 Å². The van der Waals surface area contributed by atoms with E-state index >= 15 is 0 Å². The van der Waals surface area contributed by atoms with Crippen molar-refractivity contribution in [2.75, 3.05) is 19.0 Å². The smallest absolute Gasteiger partial charge is 0.0481 e. The third-order valence-electron chi connectivity index (χ3n) is 3.17. The van der Waals surface area contributed by atoms with Crippen molar-refractivity contribution in [3.05, 3.63) is 54.6 Å². The average Bonchev–Trinajstić information content (AvgIpc) is 2.46. The van der Waals surface area contributed by atoms with Crippen molar-refractivity contribution < 1.29 is 4.74 Å². The van der Waals surface area contributed by atoms with E-state index in [0.29, 0.717) is 6.04 Å². The highest BCUT2D eigenvalue weighted by Gasteiger charge is 2.07. The molecule has 0 aromatic heterocycles. The first-order chi connectivity index (χ1) is 9.31. The van der Waals surface area contributed by atoms with Crippen LogP contribution in [0.3, 0.4) is 0 Å². The number of hydrogen-bond acceptors (Lipinski definition) is 2. The van der Waals surface area contributed by atoms with Gasteiger partial charge in [0, 0.05) is 31.0 Å². The molecule has 2 aromatic rings. The van der Waals surface area contributed by atoms with Gasteiger partial charge in [-0.2, -0.15) is 0 Å². The van der Waals surface area contributed by atoms with E-state index in [0.717, 1.165) is 13.0 Å². The van der Waals surface area contributed by atoms with E-state index in [4.69, 9.17) is 4.74 Å². The van der Waals surface area contributed by atoms with Gasteiger partial charge in [0.15, 0.2) is 0 Å². The van der Waals surface area contributed by atoms with Crippen LogP contribution >= 0.6 is 0 Å². The van der Waals surface area contributed by atoms with E-state index in [1.807, 2.05) is 6.07 Å². The summed E-state index contributed by atoms with van der Waals surface area (Å²) in [4.78, 5) is 0. The van der Waals surface area contributed by atoms with Gasteiger partial charge >= 0.3 is 0 Å². The summed E-state index contributed by atoms with van der Waals surface area (Å²) in [5, 5.41) is 3.56. The monoisotopic (exact) mass is 255 g/mol.